The van der Waals surface area contributed by atoms with Gasteiger partial charge in [-0.1, -0.05) is 24.3 Å². The van der Waals surface area contributed by atoms with Crippen molar-refractivity contribution in [3.8, 4) is 0 Å². The summed E-state index contributed by atoms with van der Waals surface area (Å²) in [6, 6.07) is 8.48. The van der Waals surface area contributed by atoms with Crippen LogP contribution in [0.4, 0.5) is 0 Å². The molecule has 0 unspecified atom stereocenters. The Morgan fingerprint density at radius 1 is 1.33 bits per heavy atom. The van der Waals surface area contributed by atoms with Gasteiger partial charge < -0.3 is 14.2 Å². The van der Waals surface area contributed by atoms with E-state index in [9.17, 15) is 4.79 Å². The number of para-hydroxylation sites is 1. The highest BCUT2D eigenvalue weighted by Gasteiger charge is 2.37. The summed E-state index contributed by atoms with van der Waals surface area (Å²) >= 11 is 0. The van der Waals surface area contributed by atoms with Gasteiger partial charge >= 0.3 is 0 Å². The van der Waals surface area contributed by atoms with Crippen molar-refractivity contribution in [2.75, 3.05) is 19.8 Å². The van der Waals surface area contributed by atoms with Crippen LogP contribution < -0.4 is 0 Å². The zero-order chi connectivity index (χ0) is 16.5. The first-order valence-corrected chi connectivity index (χ1v) is 8.87. The topological polar surface area (TPSA) is 34.5 Å². The van der Waals surface area contributed by atoms with Crippen LogP contribution in [0.5, 0.6) is 0 Å². The third-order valence-corrected chi connectivity index (χ3v) is 5.41. The Bertz CT molecular complexity index is 762. The number of carbonyl (C=O) groups excluding carboxylic acids is 1. The molecule has 0 saturated carbocycles. The second kappa shape index (κ2) is 6.44. The summed E-state index contributed by atoms with van der Waals surface area (Å²) in [5, 5.41) is 1.04. The molecule has 0 spiro atoms. The zero-order valence-corrected chi connectivity index (χ0v) is 14.0. The molecule has 2 aliphatic rings. The van der Waals surface area contributed by atoms with Crippen LogP contribution in [0.25, 0.3) is 10.9 Å². The number of hydrogen-bond acceptors (Lipinski definition) is 2. The summed E-state index contributed by atoms with van der Waals surface area (Å²) in [6.45, 7) is 6.97. The van der Waals surface area contributed by atoms with E-state index < -0.39 is 0 Å². The molecule has 4 rings (SSSR count). The summed E-state index contributed by atoms with van der Waals surface area (Å²) in [6.07, 6.45) is 7.07. The van der Waals surface area contributed by atoms with E-state index in [-0.39, 0.29) is 5.91 Å². The highest BCUT2D eigenvalue weighted by atomic mass is 16.5. The lowest BCUT2D eigenvalue weighted by molar-refractivity contribution is -0.0270. The number of piperidine rings is 1. The maximum absolute atomic E-state index is 13.3. The van der Waals surface area contributed by atoms with Gasteiger partial charge in [0.25, 0.3) is 5.91 Å². The first-order chi connectivity index (χ1) is 11.8. The minimum Gasteiger partial charge on any atom is -0.381 e. The lowest BCUT2D eigenvalue weighted by atomic mass is 9.86. The summed E-state index contributed by atoms with van der Waals surface area (Å²) < 4.78 is 7.74. The van der Waals surface area contributed by atoms with Crippen LogP contribution in [-0.4, -0.2) is 41.2 Å². The summed E-state index contributed by atoms with van der Waals surface area (Å²) in [7, 11) is 0. The first kappa shape index (κ1) is 15.5. The molecule has 1 amide bonds. The van der Waals surface area contributed by atoms with Crippen molar-refractivity contribution in [3.63, 3.8) is 0 Å². The van der Waals surface area contributed by atoms with Gasteiger partial charge in [-0.15, -0.1) is 6.58 Å². The molecule has 3 heterocycles. The largest absolute Gasteiger partial charge is 0.381 e. The van der Waals surface area contributed by atoms with Crippen molar-refractivity contribution in [2.45, 2.75) is 31.8 Å². The molecule has 0 radical (unpaired) electrons. The Morgan fingerprint density at radius 3 is 3.08 bits per heavy atom. The van der Waals surface area contributed by atoms with E-state index in [0.717, 1.165) is 49.1 Å². The van der Waals surface area contributed by atoms with Crippen molar-refractivity contribution in [1.82, 2.24) is 9.47 Å². The van der Waals surface area contributed by atoms with Crippen LogP contribution in [-0.2, 0) is 11.3 Å². The average Bonchev–Trinajstić information content (AvgIpc) is 3.00. The van der Waals surface area contributed by atoms with Crippen LogP contribution in [0.1, 0.15) is 29.6 Å². The summed E-state index contributed by atoms with van der Waals surface area (Å²) in [5.74, 6) is 0.670. The second-order valence-electron chi connectivity index (χ2n) is 6.83. The minimum absolute atomic E-state index is 0.172. The Balaban J connectivity index is 1.71. The smallest absolute Gasteiger partial charge is 0.256 e. The Hall–Kier alpha value is -2.07. The molecule has 24 heavy (non-hydrogen) atoms. The number of aromatic nitrogens is 1. The molecular weight excluding hydrogens is 300 g/mol. The molecule has 1 aromatic carbocycles. The predicted octanol–water partition coefficient (Wildman–Crippen LogP) is 3.47. The number of benzene rings is 1. The van der Waals surface area contributed by atoms with Gasteiger partial charge in [0.1, 0.15) is 0 Å². The van der Waals surface area contributed by atoms with Crippen molar-refractivity contribution in [1.29, 1.82) is 0 Å². The number of amides is 1. The van der Waals surface area contributed by atoms with Crippen molar-refractivity contribution in [3.05, 3.63) is 48.7 Å². The van der Waals surface area contributed by atoms with Gasteiger partial charge in [0, 0.05) is 48.8 Å². The fourth-order valence-corrected chi connectivity index (χ4v) is 4.28. The fourth-order valence-electron chi connectivity index (χ4n) is 4.28. The van der Waals surface area contributed by atoms with Crippen LogP contribution in [0.15, 0.2) is 43.1 Å². The minimum atomic E-state index is 0.172. The highest BCUT2D eigenvalue weighted by Crippen LogP contribution is 2.32. The molecule has 1 aromatic heterocycles. The standard InChI is InChI=1S/C20H24N2O2/c1-2-10-21-13-17(16-7-3-4-8-19(16)21)20(23)22-11-5-6-15-14-24-12-9-18(15)22/h2-4,7-8,13,15,18H,1,5-6,9-12,14H2/t15-,18+/m1/s1. The molecule has 0 N–H and O–H groups in total. The summed E-state index contributed by atoms with van der Waals surface area (Å²) in [4.78, 5) is 15.4. The predicted molar refractivity (Wildman–Crippen MR) is 95.1 cm³/mol. The molecule has 2 fully saturated rings. The molecule has 2 atom stereocenters. The lowest BCUT2D eigenvalue weighted by Gasteiger charge is -2.43. The van der Waals surface area contributed by atoms with Gasteiger partial charge in [0.2, 0.25) is 0 Å². The molecular formula is C20H24N2O2. The van der Waals surface area contributed by atoms with E-state index >= 15 is 0 Å². The maximum Gasteiger partial charge on any atom is 0.256 e. The van der Waals surface area contributed by atoms with E-state index in [2.05, 4.69) is 22.1 Å². The molecule has 0 aliphatic carbocycles. The summed E-state index contributed by atoms with van der Waals surface area (Å²) in [5.41, 5.74) is 1.92. The third-order valence-electron chi connectivity index (χ3n) is 5.41. The van der Waals surface area contributed by atoms with Crippen molar-refractivity contribution < 1.29 is 9.53 Å². The molecule has 4 nitrogen and oxygen atoms in total. The van der Waals surface area contributed by atoms with Crippen LogP contribution in [0.2, 0.25) is 0 Å². The molecule has 2 aromatic rings. The number of nitrogens with zero attached hydrogens (tertiary/aromatic N) is 2. The highest BCUT2D eigenvalue weighted by molar-refractivity contribution is 6.07. The van der Waals surface area contributed by atoms with E-state index in [4.69, 9.17) is 4.74 Å². The van der Waals surface area contributed by atoms with E-state index in [0.29, 0.717) is 18.5 Å². The molecule has 126 valence electrons. The first-order valence-electron chi connectivity index (χ1n) is 8.87. The average molecular weight is 324 g/mol. The van der Waals surface area contributed by atoms with Crippen LogP contribution in [0, 0.1) is 5.92 Å². The Morgan fingerprint density at radius 2 is 2.21 bits per heavy atom. The number of likely N-dealkylation sites (tertiary alicyclic amines) is 1. The van der Waals surface area contributed by atoms with Gasteiger partial charge in [-0.2, -0.15) is 0 Å². The van der Waals surface area contributed by atoms with E-state index in [1.165, 1.54) is 6.42 Å². The number of allylic oxidation sites excluding steroid dienone is 1. The van der Waals surface area contributed by atoms with Crippen LogP contribution in [0.3, 0.4) is 0 Å². The van der Waals surface area contributed by atoms with Gasteiger partial charge in [0.15, 0.2) is 0 Å². The lowest BCUT2D eigenvalue weighted by Crippen LogP contribution is -2.52. The monoisotopic (exact) mass is 324 g/mol. The number of ether oxygens (including phenoxy) is 1. The number of fused-ring (bicyclic) bond motifs is 2. The molecule has 0 bridgehead atoms. The Labute approximate surface area is 142 Å². The zero-order valence-electron chi connectivity index (χ0n) is 14.0. The van der Waals surface area contributed by atoms with E-state index in [1.807, 2.05) is 30.5 Å². The number of hydrogen-bond donors (Lipinski definition) is 0. The molecule has 4 heteroatoms. The van der Waals surface area contributed by atoms with Gasteiger partial charge in [-0.3, -0.25) is 4.79 Å². The normalized spacial score (nSPS) is 23.9. The molecule has 2 aliphatic heterocycles. The van der Waals surface area contributed by atoms with Gasteiger partial charge in [-0.05, 0) is 25.3 Å². The van der Waals surface area contributed by atoms with Gasteiger partial charge in [0.05, 0.1) is 12.2 Å². The van der Waals surface area contributed by atoms with E-state index in [1.54, 1.807) is 0 Å². The Kier molecular flexibility index (Phi) is 4.15. The number of carbonyl (C=O) groups is 1. The second-order valence-corrected chi connectivity index (χ2v) is 6.83. The van der Waals surface area contributed by atoms with Crippen molar-refractivity contribution in [2.24, 2.45) is 5.92 Å². The fraction of sp³-hybridized carbons (Fsp3) is 0.450. The quantitative estimate of drug-likeness (QED) is 0.810. The third kappa shape index (κ3) is 2.55. The van der Waals surface area contributed by atoms with Gasteiger partial charge in [-0.25, -0.2) is 0 Å². The van der Waals surface area contributed by atoms with Crippen LogP contribution >= 0.6 is 0 Å². The number of rotatable bonds is 3. The maximum atomic E-state index is 13.3. The molecule has 2 saturated heterocycles. The SMILES string of the molecule is C=CCn1cc(C(=O)N2CCC[C@@H]3COCC[C@@H]32)c2ccccc21. The van der Waals surface area contributed by atoms with Crippen molar-refractivity contribution >= 4 is 16.8 Å².